The number of likely N-dealkylation sites (N-methyl/N-ethyl adjacent to an activating group) is 1. The lowest BCUT2D eigenvalue weighted by molar-refractivity contribution is -0.134. The quantitative estimate of drug-likeness (QED) is 0.509. The second kappa shape index (κ2) is 11.6. The van der Waals surface area contributed by atoms with Gasteiger partial charge in [0.25, 0.3) is 5.91 Å². The Morgan fingerprint density at radius 3 is 2.64 bits per heavy atom. The molecular weight excluding hydrogens is 468 g/mol. The van der Waals surface area contributed by atoms with Crippen molar-refractivity contribution in [1.82, 2.24) is 9.62 Å². The summed E-state index contributed by atoms with van der Waals surface area (Å²) in [6.45, 7) is 2.95. The topological polar surface area (TPSA) is 102 Å². The molecule has 1 N–H and O–H groups in total. The summed E-state index contributed by atoms with van der Waals surface area (Å²) in [4.78, 5) is 26.4. The maximum Gasteiger partial charge on any atom is 0.338 e. The van der Waals surface area contributed by atoms with E-state index in [2.05, 4.69) is 4.72 Å². The summed E-state index contributed by atoms with van der Waals surface area (Å²) in [6.07, 6.45) is 1.47. The number of ether oxygens (including phenoxy) is 2. The first kappa shape index (κ1) is 25.2. The number of nitrogens with one attached hydrogen (secondary N) is 1. The summed E-state index contributed by atoms with van der Waals surface area (Å²) in [5.74, 6) is -1.17. The van der Waals surface area contributed by atoms with Gasteiger partial charge in [-0.2, -0.15) is 0 Å². The number of halogens is 1. The van der Waals surface area contributed by atoms with E-state index in [0.29, 0.717) is 19.7 Å². The monoisotopic (exact) mass is 494 g/mol. The first-order valence-electron chi connectivity index (χ1n) is 10.7. The number of hydrogen-bond donors (Lipinski definition) is 1. The molecule has 0 bridgehead atoms. The van der Waals surface area contributed by atoms with Gasteiger partial charge in [-0.1, -0.05) is 41.9 Å². The fourth-order valence-electron chi connectivity index (χ4n) is 3.40. The van der Waals surface area contributed by atoms with Crippen molar-refractivity contribution >= 4 is 33.5 Å². The zero-order valence-electron chi connectivity index (χ0n) is 18.3. The molecule has 0 saturated carbocycles. The second-order valence-corrected chi connectivity index (χ2v) is 9.74. The number of carbonyl (C=O) groups is 2. The van der Waals surface area contributed by atoms with E-state index in [1.54, 1.807) is 4.90 Å². The van der Waals surface area contributed by atoms with E-state index in [1.165, 1.54) is 12.1 Å². The third kappa shape index (κ3) is 7.01. The smallest absolute Gasteiger partial charge is 0.338 e. The average Bonchev–Trinajstić information content (AvgIpc) is 3.34. The summed E-state index contributed by atoms with van der Waals surface area (Å²) in [7, 11) is -3.96. The molecule has 1 atom stereocenters. The highest BCUT2D eigenvalue weighted by molar-refractivity contribution is 7.89. The van der Waals surface area contributed by atoms with Crippen LogP contribution in [0, 0.1) is 0 Å². The van der Waals surface area contributed by atoms with Crippen molar-refractivity contribution in [2.45, 2.75) is 37.3 Å². The molecule has 0 aliphatic carbocycles. The summed E-state index contributed by atoms with van der Waals surface area (Å²) in [6, 6.07) is 13.3. The van der Waals surface area contributed by atoms with Gasteiger partial charge in [0.15, 0.2) is 6.61 Å². The maximum atomic E-state index is 12.7. The molecule has 0 aromatic heterocycles. The van der Waals surface area contributed by atoms with E-state index in [9.17, 15) is 18.0 Å². The molecule has 3 rings (SSSR count). The van der Waals surface area contributed by atoms with Gasteiger partial charge < -0.3 is 14.4 Å². The number of rotatable bonds is 10. The summed E-state index contributed by atoms with van der Waals surface area (Å²) in [5.41, 5.74) is 0.942. The van der Waals surface area contributed by atoms with Gasteiger partial charge in [0, 0.05) is 26.2 Å². The molecule has 0 radical (unpaired) electrons. The van der Waals surface area contributed by atoms with Crippen LogP contribution in [-0.2, 0) is 30.8 Å². The van der Waals surface area contributed by atoms with E-state index >= 15 is 0 Å². The van der Waals surface area contributed by atoms with Crippen LogP contribution in [0.4, 0.5) is 0 Å². The van der Waals surface area contributed by atoms with Crippen LogP contribution in [-0.4, -0.2) is 57.6 Å². The fourth-order valence-corrected chi connectivity index (χ4v) is 4.99. The van der Waals surface area contributed by atoms with Gasteiger partial charge in [0.1, 0.15) is 4.90 Å². The molecule has 1 unspecified atom stereocenters. The van der Waals surface area contributed by atoms with E-state index in [-0.39, 0.29) is 34.0 Å². The fraction of sp³-hybridized carbons (Fsp3) is 0.391. The first-order chi connectivity index (χ1) is 15.8. The normalized spacial score (nSPS) is 15.9. The van der Waals surface area contributed by atoms with Crippen molar-refractivity contribution in [3.63, 3.8) is 0 Å². The van der Waals surface area contributed by atoms with Gasteiger partial charge in [-0.05, 0) is 43.5 Å². The Kier molecular flexibility index (Phi) is 8.85. The van der Waals surface area contributed by atoms with Gasteiger partial charge in [-0.3, -0.25) is 4.79 Å². The van der Waals surface area contributed by atoms with Crippen molar-refractivity contribution in [1.29, 1.82) is 0 Å². The Hall–Kier alpha value is -2.46. The largest absolute Gasteiger partial charge is 0.452 e. The van der Waals surface area contributed by atoms with E-state index in [1.807, 2.05) is 37.3 Å². The summed E-state index contributed by atoms with van der Waals surface area (Å²) < 4.78 is 38.4. The Balaban J connectivity index is 1.61. The number of hydrogen-bond acceptors (Lipinski definition) is 6. The van der Waals surface area contributed by atoms with Gasteiger partial charge >= 0.3 is 5.97 Å². The standard InChI is InChI=1S/C23H27ClN2O6S/c1-2-26(15-17-7-4-3-5-8-17)22(27)16-32-23(28)18-10-11-20(24)21(13-18)33(29,30)25-14-19-9-6-12-31-19/h3-5,7-8,10-11,13,19,25H,2,6,9,12,14-16H2,1H3. The SMILES string of the molecule is CCN(Cc1ccccc1)C(=O)COC(=O)c1ccc(Cl)c(S(=O)(=O)NCC2CCCO2)c1. The van der Waals surface area contributed by atoms with Crippen molar-refractivity contribution in [2.24, 2.45) is 0 Å². The van der Waals surface area contributed by atoms with Crippen LogP contribution in [0.15, 0.2) is 53.4 Å². The van der Waals surface area contributed by atoms with Crippen molar-refractivity contribution < 1.29 is 27.5 Å². The first-order valence-corrected chi connectivity index (χ1v) is 12.6. The second-order valence-electron chi connectivity index (χ2n) is 7.60. The zero-order chi connectivity index (χ0) is 23.8. The molecular formula is C23H27ClN2O6S. The molecule has 1 aliphatic heterocycles. The van der Waals surface area contributed by atoms with Gasteiger partial charge in [0.05, 0.1) is 16.7 Å². The zero-order valence-corrected chi connectivity index (χ0v) is 19.9. The van der Waals surface area contributed by atoms with E-state index < -0.39 is 22.6 Å². The van der Waals surface area contributed by atoms with Crippen LogP contribution < -0.4 is 4.72 Å². The Morgan fingerprint density at radius 1 is 1.21 bits per heavy atom. The molecule has 1 aliphatic rings. The molecule has 1 saturated heterocycles. The molecule has 10 heteroatoms. The molecule has 1 heterocycles. The number of esters is 1. The molecule has 0 spiro atoms. The molecule has 1 amide bonds. The number of amides is 1. The summed E-state index contributed by atoms with van der Waals surface area (Å²) in [5, 5.41) is -0.0255. The van der Waals surface area contributed by atoms with Crippen LogP contribution in [0.2, 0.25) is 5.02 Å². The third-order valence-electron chi connectivity index (χ3n) is 5.26. The van der Waals surface area contributed by atoms with Crippen LogP contribution >= 0.6 is 11.6 Å². The van der Waals surface area contributed by atoms with E-state index in [4.69, 9.17) is 21.1 Å². The lowest BCUT2D eigenvalue weighted by Crippen LogP contribution is -2.34. The van der Waals surface area contributed by atoms with Crippen molar-refractivity contribution in [3.8, 4) is 0 Å². The van der Waals surface area contributed by atoms with Crippen LogP contribution in [0.25, 0.3) is 0 Å². The highest BCUT2D eigenvalue weighted by Crippen LogP contribution is 2.23. The van der Waals surface area contributed by atoms with Gasteiger partial charge in [0.2, 0.25) is 10.0 Å². The highest BCUT2D eigenvalue weighted by atomic mass is 35.5. The molecule has 2 aromatic rings. The molecule has 33 heavy (non-hydrogen) atoms. The van der Waals surface area contributed by atoms with Gasteiger partial charge in [-0.25, -0.2) is 17.9 Å². The predicted molar refractivity (Wildman–Crippen MR) is 123 cm³/mol. The Morgan fingerprint density at radius 2 is 1.97 bits per heavy atom. The third-order valence-corrected chi connectivity index (χ3v) is 7.16. The highest BCUT2D eigenvalue weighted by Gasteiger charge is 2.24. The molecule has 178 valence electrons. The Labute approximate surface area is 198 Å². The van der Waals surface area contributed by atoms with Crippen LogP contribution in [0.5, 0.6) is 0 Å². The summed E-state index contributed by atoms with van der Waals surface area (Å²) >= 11 is 6.08. The Bertz CT molecular complexity index is 1070. The minimum Gasteiger partial charge on any atom is -0.452 e. The van der Waals surface area contributed by atoms with Gasteiger partial charge in [-0.15, -0.1) is 0 Å². The predicted octanol–water partition coefficient (Wildman–Crippen LogP) is 3.00. The molecule has 8 nitrogen and oxygen atoms in total. The number of carbonyl (C=O) groups excluding carboxylic acids is 2. The molecule has 1 fully saturated rings. The van der Waals surface area contributed by atoms with Crippen LogP contribution in [0.3, 0.4) is 0 Å². The van der Waals surface area contributed by atoms with Crippen molar-refractivity contribution in [2.75, 3.05) is 26.3 Å². The lowest BCUT2D eigenvalue weighted by atomic mass is 10.2. The van der Waals surface area contributed by atoms with Crippen LogP contribution in [0.1, 0.15) is 35.7 Å². The molecule has 2 aromatic carbocycles. The lowest BCUT2D eigenvalue weighted by Gasteiger charge is -2.21. The average molecular weight is 495 g/mol. The number of sulfonamides is 1. The minimum atomic E-state index is -3.96. The number of benzene rings is 2. The number of nitrogens with zero attached hydrogens (tertiary/aromatic N) is 1. The van der Waals surface area contributed by atoms with Crippen molar-refractivity contribution in [3.05, 3.63) is 64.7 Å². The van der Waals surface area contributed by atoms with E-state index in [0.717, 1.165) is 24.5 Å². The maximum absolute atomic E-state index is 12.7. The minimum absolute atomic E-state index is 0.0178.